The number of amides is 1. The van der Waals surface area contributed by atoms with Gasteiger partial charge < -0.3 is 15.0 Å². The third kappa shape index (κ3) is 4.02. The van der Waals surface area contributed by atoms with E-state index in [0.29, 0.717) is 0 Å². The van der Waals surface area contributed by atoms with Crippen LogP contribution in [0.3, 0.4) is 0 Å². The molecule has 0 saturated carbocycles. The molecule has 30 heavy (non-hydrogen) atoms. The molecule has 3 aliphatic heterocycles. The molecular formula is C21H30Cl2N4O2S. The maximum absolute atomic E-state index is 13.3. The van der Waals surface area contributed by atoms with Crippen LogP contribution in [0.25, 0.3) is 0 Å². The average Bonchev–Trinajstić information content (AvgIpc) is 3.40. The lowest BCUT2D eigenvalue weighted by Gasteiger charge is -2.40. The van der Waals surface area contributed by atoms with Gasteiger partial charge in [0, 0.05) is 30.1 Å². The number of carbonyl (C=O) groups excluding carboxylic acids is 1. The maximum Gasteiger partial charge on any atom is 0.264 e. The van der Waals surface area contributed by atoms with Crippen molar-refractivity contribution in [3.8, 4) is 0 Å². The number of thiophene rings is 1. The van der Waals surface area contributed by atoms with E-state index in [0.717, 1.165) is 69.0 Å². The fourth-order valence-corrected chi connectivity index (χ4v) is 6.26. The van der Waals surface area contributed by atoms with Gasteiger partial charge in [-0.2, -0.15) is 5.10 Å². The summed E-state index contributed by atoms with van der Waals surface area (Å²) in [5.41, 5.74) is 3.32. The fourth-order valence-electron chi connectivity index (χ4n) is 5.06. The molecule has 2 aromatic heterocycles. The van der Waals surface area contributed by atoms with Gasteiger partial charge in [-0.25, -0.2) is 0 Å². The highest BCUT2D eigenvalue weighted by molar-refractivity contribution is 7.14. The molecule has 2 fully saturated rings. The van der Waals surface area contributed by atoms with Gasteiger partial charge in [0.2, 0.25) is 0 Å². The van der Waals surface area contributed by atoms with Crippen LogP contribution in [-0.2, 0) is 16.8 Å². The van der Waals surface area contributed by atoms with Gasteiger partial charge in [0.05, 0.1) is 28.8 Å². The molecule has 5 heterocycles. The van der Waals surface area contributed by atoms with E-state index in [1.807, 2.05) is 11.8 Å². The van der Waals surface area contributed by atoms with Crippen molar-refractivity contribution >= 4 is 42.1 Å². The van der Waals surface area contributed by atoms with Crippen molar-refractivity contribution in [1.82, 2.24) is 20.0 Å². The summed E-state index contributed by atoms with van der Waals surface area (Å²) in [7, 11) is 0. The number of fused-ring (bicyclic) bond motifs is 2. The Balaban J connectivity index is 0.00000128. The predicted molar refractivity (Wildman–Crippen MR) is 124 cm³/mol. The van der Waals surface area contributed by atoms with Crippen molar-refractivity contribution in [2.24, 2.45) is 0 Å². The van der Waals surface area contributed by atoms with Gasteiger partial charge in [0.1, 0.15) is 0 Å². The van der Waals surface area contributed by atoms with Crippen molar-refractivity contribution in [1.29, 1.82) is 0 Å². The number of aromatic nitrogens is 2. The monoisotopic (exact) mass is 472 g/mol. The van der Waals surface area contributed by atoms with Crippen LogP contribution in [0.15, 0.2) is 12.1 Å². The number of carbonyl (C=O) groups is 1. The van der Waals surface area contributed by atoms with E-state index >= 15 is 0 Å². The smallest absolute Gasteiger partial charge is 0.264 e. The molecule has 2 aromatic rings. The summed E-state index contributed by atoms with van der Waals surface area (Å²) in [5.74, 6) is 0.174. The van der Waals surface area contributed by atoms with Crippen LogP contribution in [0, 0.1) is 13.8 Å². The minimum atomic E-state index is -0.175. The molecule has 0 bridgehead atoms. The van der Waals surface area contributed by atoms with E-state index in [4.69, 9.17) is 4.74 Å². The molecule has 1 N–H and O–H groups in total. The molecule has 3 aliphatic rings. The largest absolute Gasteiger partial charge is 0.370 e. The Morgan fingerprint density at radius 3 is 2.73 bits per heavy atom. The summed E-state index contributed by atoms with van der Waals surface area (Å²) < 4.78 is 8.37. The van der Waals surface area contributed by atoms with Crippen molar-refractivity contribution < 1.29 is 9.53 Å². The summed E-state index contributed by atoms with van der Waals surface area (Å²) in [4.78, 5) is 17.5. The van der Waals surface area contributed by atoms with Crippen LogP contribution in [0.2, 0.25) is 0 Å². The Morgan fingerprint density at radius 2 is 2.03 bits per heavy atom. The first kappa shape index (κ1) is 23.5. The zero-order valence-electron chi connectivity index (χ0n) is 17.5. The minimum Gasteiger partial charge on any atom is -0.370 e. The van der Waals surface area contributed by atoms with E-state index < -0.39 is 0 Å². The Hall–Kier alpha value is -1.12. The number of hydrogen-bond acceptors (Lipinski definition) is 5. The standard InChI is InChI=1S/C21H28N4O2S.2ClH/c1-14-11-15(2)25(23-14)16-3-9-24(13-16)20(26)19-12-17-18(28-19)4-10-27-21(17)5-7-22-8-6-21;;/h11-12,16,22H,3-10,13H2,1-2H3;2*1H. The van der Waals surface area contributed by atoms with Gasteiger partial charge >= 0.3 is 0 Å². The van der Waals surface area contributed by atoms with Gasteiger partial charge in [-0.15, -0.1) is 36.2 Å². The van der Waals surface area contributed by atoms with E-state index in [9.17, 15) is 4.79 Å². The lowest BCUT2D eigenvalue weighted by Crippen LogP contribution is -2.44. The highest BCUT2D eigenvalue weighted by Gasteiger charge is 2.41. The molecule has 0 aromatic carbocycles. The highest BCUT2D eigenvalue weighted by atomic mass is 35.5. The maximum atomic E-state index is 13.3. The summed E-state index contributed by atoms with van der Waals surface area (Å²) in [6.07, 6.45) is 3.89. The number of piperidine rings is 1. The van der Waals surface area contributed by atoms with Crippen molar-refractivity contribution in [3.05, 3.63) is 38.8 Å². The summed E-state index contributed by atoms with van der Waals surface area (Å²) in [6.45, 7) is 8.40. The van der Waals surface area contributed by atoms with Gasteiger partial charge in [-0.05, 0) is 63.9 Å². The third-order valence-electron chi connectivity index (χ3n) is 6.47. The van der Waals surface area contributed by atoms with Crippen molar-refractivity contribution in [3.63, 3.8) is 0 Å². The predicted octanol–water partition coefficient (Wildman–Crippen LogP) is 3.64. The molecular weight excluding hydrogens is 443 g/mol. The van der Waals surface area contributed by atoms with Crippen LogP contribution in [0.4, 0.5) is 0 Å². The Labute approximate surface area is 194 Å². The lowest BCUT2D eigenvalue weighted by molar-refractivity contribution is -0.0792. The second-order valence-corrected chi connectivity index (χ2v) is 9.49. The molecule has 1 unspecified atom stereocenters. The zero-order valence-corrected chi connectivity index (χ0v) is 19.9. The number of halogens is 2. The van der Waals surface area contributed by atoms with E-state index in [2.05, 4.69) is 34.2 Å². The number of rotatable bonds is 2. The van der Waals surface area contributed by atoms with E-state index in [-0.39, 0.29) is 42.4 Å². The topological polar surface area (TPSA) is 59.4 Å². The number of nitrogens with zero attached hydrogens (tertiary/aromatic N) is 3. The van der Waals surface area contributed by atoms with Crippen LogP contribution < -0.4 is 5.32 Å². The molecule has 2 saturated heterocycles. The highest BCUT2D eigenvalue weighted by Crippen LogP contribution is 2.44. The van der Waals surface area contributed by atoms with Gasteiger partial charge in [-0.3, -0.25) is 9.48 Å². The third-order valence-corrected chi connectivity index (χ3v) is 7.65. The number of likely N-dealkylation sites (tertiary alicyclic amines) is 1. The van der Waals surface area contributed by atoms with Crippen LogP contribution in [0.1, 0.15) is 56.8 Å². The molecule has 1 atom stereocenters. The first-order valence-electron chi connectivity index (χ1n) is 10.4. The van der Waals surface area contributed by atoms with E-state index in [1.165, 1.54) is 16.1 Å². The lowest BCUT2D eigenvalue weighted by atomic mass is 9.83. The first-order chi connectivity index (χ1) is 13.6. The molecule has 9 heteroatoms. The zero-order chi connectivity index (χ0) is 19.3. The van der Waals surface area contributed by atoms with Crippen LogP contribution >= 0.6 is 36.2 Å². The first-order valence-corrected chi connectivity index (χ1v) is 11.2. The number of ether oxygens (including phenoxy) is 1. The van der Waals surface area contributed by atoms with Crippen LogP contribution in [0.5, 0.6) is 0 Å². The van der Waals surface area contributed by atoms with Gasteiger partial charge in [-0.1, -0.05) is 0 Å². The molecule has 1 spiro atoms. The molecule has 6 nitrogen and oxygen atoms in total. The number of aryl methyl sites for hydroxylation is 2. The SMILES string of the molecule is Cc1cc(C)n(C2CCN(C(=O)c3cc4c(s3)CCOC43CCNCC3)C2)n1.Cl.Cl. The molecule has 166 valence electrons. The summed E-state index contributed by atoms with van der Waals surface area (Å²) >= 11 is 1.69. The van der Waals surface area contributed by atoms with Gasteiger partial charge in [0.15, 0.2) is 0 Å². The van der Waals surface area contributed by atoms with Gasteiger partial charge in [0.25, 0.3) is 5.91 Å². The number of hydrogen-bond donors (Lipinski definition) is 1. The summed E-state index contributed by atoms with van der Waals surface area (Å²) in [5, 5.41) is 8.06. The van der Waals surface area contributed by atoms with E-state index in [1.54, 1.807) is 11.3 Å². The Bertz CT molecular complexity index is 907. The number of nitrogens with one attached hydrogen (secondary N) is 1. The van der Waals surface area contributed by atoms with Crippen molar-refractivity contribution in [2.45, 2.75) is 51.2 Å². The van der Waals surface area contributed by atoms with Crippen molar-refractivity contribution in [2.75, 3.05) is 32.8 Å². The normalized spacial score (nSPS) is 22.3. The molecule has 1 amide bonds. The molecule has 0 radical (unpaired) electrons. The second-order valence-electron chi connectivity index (χ2n) is 8.36. The molecule has 5 rings (SSSR count). The van der Waals surface area contributed by atoms with Crippen LogP contribution in [-0.4, -0.2) is 53.4 Å². The molecule has 0 aliphatic carbocycles. The average molecular weight is 473 g/mol. The fraction of sp³-hybridized carbons (Fsp3) is 0.619. The quantitative estimate of drug-likeness (QED) is 0.724. The Kier molecular flexibility index (Phi) is 7.19. The summed E-state index contributed by atoms with van der Waals surface area (Å²) in [6, 6.07) is 4.53. The second kappa shape index (κ2) is 9.17. The Morgan fingerprint density at radius 1 is 1.27 bits per heavy atom. The minimum absolute atomic E-state index is 0.